The Morgan fingerprint density at radius 1 is 1.21 bits per heavy atom. The number of nitrogens with zero attached hydrogens (tertiary/aromatic N) is 1. The van der Waals surface area contributed by atoms with Crippen molar-refractivity contribution >= 4 is 10.8 Å². The highest BCUT2D eigenvalue weighted by molar-refractivity contribution is 5.83. The minimum atomic E-state index is -0.342. The Balaban J connectivity index is 2.73. The number of pyridine rings is 1. The second kappa shape index (κ2) is 3.25. The van der Waals surface area contributed by atoms with Crippen molar-refractivity contribution in [2.45, 2.75) is 6.92 Å². The van der Waals surface area contributed by atoms with Gasteiger partial charge in [-0.25, -0.2) is 4.39 Å². The summed E-state index contributed by atoms with van der Waals surface area (Å²) in [6, 6.07) is 4.96. The molecule has 0 spiro atoms. The Morgan fingerprint density at radius 2 is 2.00 bits per heavy atom. The number of rotatable bonds is 1. The SMILES string of the molecule is COc1cc2cnc(C)cc2cc1F. The molecular formula is C11H10FNO. The number of hydrogen-bond donors (Lipinski definition) is 0. The van der Waals surface area contributed by atoms with Gasteiger partial charge in [-0.05, 0) is 30.5 Å². The topological polar surface area (TPSA) is 22.1 Å². The van der Waals surface area contributed by atoms with E-state index >= 15 is 0 Å². The summed E-state index contributed by atoms with van der Waals surface area (Å²) in [6.45, 7) is 1.88. The smallest absolute Gasteiger partial charge is 0.165 e. The van der Waals surface area contributed by atoms with Gasteiger partial charge in [0, 0.05) is 17.3 Å². The summed E-state index contributed by atoms with van der Waals surface area (Å²) in [5.41, 5.74) is 0.877. The van der Waals surface area contributed by atoms with Gasteiger partial charge in [-0.2, -0.15) is 0 Å². The maximum absolute atomic E-state index is 13.3. The zero-order chi connectivity index (χ0) is 10.1. The zero-order valence-electron chi connectivity index (χ0n) is 8.04. The predicted octanol–water partition coefficient (Wildman–Crippen LogP) is 2.69. The molecule has 2 rings (SSSR count). The monoisotopic (exact) mass is 191 g/mol. The van der Waals surface area contributed by atoms with E-state index in [-0.39, 0.29) is 11.6 Å². The maximum Gasteiger partial charge on any atom is 0.165 e. The van der Waals surface area contributed by atoms with Crippen LogP contribution in [0.4, 0.5) is 4.39 Å². The van der Waals surface area contributed by atoms with Crippen LogP contribution in [0.25, 0.3) is 10.8 Å². The first-order chi connectivity index (χ1) is 6.70. The summed E-state index contributed by atoms with van der Waals surface area (Å²) in [5.74, 6) is -0.0891. The second-order valence-corrected chi connectivity index (χ2v) is 3.16. The summed E-state index contributed by atoms with van der Waals surface area (Å²) in [7, 11) is 1.45. The van der Waals surface area contributed by atoms with Crippen LogP contribution < -0.4 is 4.74 Å². The normalized spacial score (nSPS) is 10.5. The molecule has 0 N–H and O–H groups in total. The van der Waals surface area contributed by atoms with E-state index in [1.165, 1.54) is 13.2 Å². The van der Waals surface area contributed by atoms with Crippen molar-refractivity contribution in [3.05, 3.63) is 35.9 Å². The minimum Gasteiger partial charge on any atom is -0.494 e. The van der Waals surface area contributed by atoms with E-state index in [0.29, 0.717) is 0 Å². The third kappa shape index (κ3) is 1.41. The van der Waals surface area contributed by atoms with Crippen molar-refractivity contribution in [1.29, 1.82) is 0 Å². The van der Waals surface area contributed by atoms with Crippen LogP contribution >= 0.6 is 0 Å². The van der Waals surface area contributed by atoms with Crippen LogP contribution in [0.1, 0.15) is 5.69 Å². The number of benzene rings is 1. The molecule has 1 aromatic heterocycles. The highest BCUT2D eigenvalue weighted by Crippen LogP contribution is 2.24. The molecule has 2 nitrogen and oxygen atoms in total. The first kappa shape index (κ1) is 8.94. The lowest BCUT2D eigenvalue weighted by Crippen LogP contribution is -1.89. The fraction of sp³-hybridized carbons (Fsp3) is 0.182. The number of fused-ring (bicyclic) bond motifs is 1. The van der Waals surface area contributed by atoms with Crippen molar-refractivity contribution in [2.75, 3.05) is 7.11 Å². The van der Waals surface area contributed by atoms with Gasteiger partial charge in [0.2, 0.25) is 0 Å². The van der Waals surface area contributed by atoms with E-state index in [1.807, 2.05) is 13.0 Å². The van der Waals surface area contributed by atoms with Crippen LogP contribution in [0.5, 0.6) is 5.75 Å². The summed E-state index contributed by atoms with van der Waals surface area (Å²) in [6.07, 6.45) is 1.71. The Bertz CT molecular complexity index is 482. The lowest BCUT2D eigenvalue weighted by atomic mass is 10.1. The molecule has 0 saturated heterocycles. The molecule has 72 valence electrons. The highest BCUT2D eigenvalue weighted by Gasteiger charge is 2.04. The molecule has 3 heteroatoms. The van der Waals surface area contributed by atoms with Crippen molar-refractivity contribution in [2.24, 2.45) is 0 Å². The number of methoxy groups -OCH3 is 1. The maximum atomic E-state index is 13.3. The standard InChI is InChI=1S/C11H10FNO/c1-7-3-8-4-10(12)11(14-2)5-9(8)6-13-7/h3-6H,1-2H3. The van der Waals surface area contributed by atoms with E-state index in [1.54, 1.807) is 12.3 Å². The quantitative estimate of drug-likeness (QED) is 0.691. The average Bonchev–Trinajstić information content (AvgIpc) is 2.16. The third-order valence-corrected chi connectivity index (χ3v) is 2.13. The number of aromatic nitrogens is 1. The molecule has 2 aromatic rings. The van der Waals surface area contributed by atoms with Crippen molar-refractivity contribution in [1.82, 2.24) is 4.98 Å². The molecule has 0 unspecified atom stereocenters. The van der Waals surface area contributed by atoms with Gasteiger partial charge in [-0.15, -0.1) is 0 Å². The molecule has 0 atom stereocenters. The van der Waals surface area contributed by atoms with Gasteiger partial charge in [0.1, 0.15) is 0 Å². The van der Waals surface area contributed by atoms with E-state index in [9.17, 15) is 4.39 Å². The Morgan fingerprint density at radius 3 is 2.71 bits per heavy atom. The van der Waals surface area contributed by atoms with E-state index in [2.05, 4.69) is 4.98 Å². The van der Waals surface area contributed by atoms with Crippen LogP contribution in [-0.2, 0) is 0 Å². The van der Waals surface area contributed by atoms with Crippen LogP contribution in [0.2, 0.25) is 0 Å². The van der Waals surface area contributed by atoms with Gasteiger partial charge in [0.25, 0.3) is 0 Å². The van der Waals surface area contributed by atoms with Crippen LogP contribution in [0.15, 0.2) is 24.4 Å². The Labute approximate surface area is 81.3 Å². The van der Waals surface area contributed by atoms with Gasteiger partial charge in [0.15, 0.2) is 11.6 Å². The fourth-order valence-corrected chi connectivity index (χ4v) is 1.41. The molecular weight excluding hydrogens is 181 g/mol. The zero-order valence-corrected chi connectivity index (χ0v) is 8.04. The molecule has 0 radical (unpaired) electrons. The summed E-state index contributed by atoms with van der Waals surface area (Å²) < 4.78 is 18.2. The largest absolute Gasteiger partial charge is 0.494 e. The molecule has 0 amide bonds. The molecule has 0 bridgehead atoms. The first-order valence-corrected chi connectivity index (χ1v) is 4.30. The van der Waals surface area contributed by atoms with Crippen LogP contribution in [0.3, 0.4) is 0 Å². The number of halogens is 1. The van der Waals surface area contributed by atoms with E-state index < -0.39 is 0 Å². The average molecular weight is 191 g/mol. The fourth-order valence-electron chi connectivity index (χ4n) is 1.41. The molecule has 0 aliphatic carbocycles. The second-order valence-electron chi connectivity index (χ2n) is 3.16. The lowest BCUT2D eigenvalue weighted by Gasteiger charge is -2.04. The van der Waals surface area contributed by atoms with Crippen LogP contribution in [0, 0.1) is 12.7 Å². The Hall–Kier alpha value is -1.64. The van der Waals surface area contributed by atoms with Crippen LogP contribution in [-0.4, -0.2) is 12.1 Å². The molecule has 14 heavy (non-hydrogen) atoms. The minimum absolute atomic E-state index is 0.253. The molecule has 0 fully saturated rings. The number of ether oxygens (including phenoxy) is 1. The summed E-state index contributed by atoms with van der Waals surface area (Å²) in [4.78, 5) is 4.13. The molecule has 1 aromatic carbocycles. The van der Waals surface area contributed by atoms with Crippen molar-refractivity contribution in [3.8, 4) is 5.75 Å². The van der Waals surface area contributed by atoms with Gasteiger partial charge in [0.05, 0.1) is 7.11 Å². The molecule has 0 aliphatic rings. The molecule has 0 aliphatic heterocycles. The summed E-state index contributed by atoms with van der Waals surface area (Å²) in [5, 5.41) is 1.73. The Kier molecular flexibility index (Phi) is 2.08. The predicted molar refractivity (Wildman–Crippen MR) is 53.0 cm³/mol. The van der Waals surface area contributed by atoms with Gasteiger partial charge in [-0.1, -0.05) is 0 Å². The van der Waals surface area contributed by atoms with Gasteiger partial charge >= 0.3 is 0 Å². The first-order valence-electron chi connectivity index (χ1n) is 4.30. The van der Waals surface area contributed by atoms with Gasteiger partial charge < -0.3 is 4.74 Å². The van der Waals surface area contributed by atoms with E-state index in [4.69, 9.17) is 4.74 Å². The van der Waals surface area contributed by atoms with Crippen molar-refractivity contribution in [3.63, 3.8) is 0 Å². The van der Waals surface area contributed by atoms with Crippen molar-refractivity contribution < 1.29 is 9.13 Å². The van der Waals surface area contributed by atoms with Gasteiger partial charge in [-0.3, -0.25) is 4.98 Å². The highest BCUT2D eigenvalue weighted by atomic mass is 19.1. The molecule has 0 saturated carbocycles. The molecule has 1 heterocycles. The lowest BCUT2D eigenvalue weighted by molar-refractivity contribution is 0.387. The third-order valence-electron chi connectivity index (χ3n) is 2.13. The summed E-state index contributed by atoms with van der Waals surface area (Å²) >= 11 is 0. The van der Waals surface area contributed by atoms with E-state index in [0.717, 1.165) is 16.5 Å². The number of aryl methyl sites for hydroxylation is 1. The number of hydrogen-bond acceptors (Lipinski definition) is 2.